The topological polar surface area (TPSA) is 29.1 Å². The standard InChI is InChI=1S/C16H12BrF4NO/c17-14-9-11(18)5-6-12(14)15(23)22-8-7-10-3-1-2-4-13(10)16(19,20)21/h1-6,9H,7-8H2,(H,22,23). The molecule has 0 radical (unpaired) electrons. The first-order valence-electron chi connectivity index (χ1n) is 6.67. The predicted molar refractivity (Wildman–Crippen MR) is 81.6 cm³/mol. The molecule has 2 aromatic carbocycles. The van der Waals surface area contributed by atoms with E-state index in [1.165, 1.54) is 24.3 Å². The quantitative estimate of drug-likeness (QED) is 0.761. The van der Waals surface area contributed by atoms with Crippen LogP contribution in [0.3, 0.4) is 0 Å². The Bertz CT molecular complexity index is 715. The minimum Gasteiger partial charge on any atom is -0.352 e. The second kappa shape index (κ2) is 7.12. The van der Waals surface area contributed by atoms with Crippen molar-refractivity contribution in [2.24, 2.45) is 0 Å². The van der Waals surface area contributed by atoms with Gasteiger partial charge in [-0.3, -0.25) is 4.79 Å². The lowest BCUT2D eigenvalue weighted by Crippen LogP contribution is -2.26. The summed E-state index contributed by atoms with van der Waals surface area (Å²) in [6, 6.07) is 8.81. The van der Waals surface area contributed by atoms with Crippen molar-refractivity contribution in [3.8, 4) is 0 Å². The van der Waals surface area contributed by atoms with Crippen LogP contribution in [0.2, 0.25) is 0 Å². The molecule has 2 nitrogen and oxygen atoms in total. The largest absolute Gasteiger partial charge is 0.416 e. The van der Waals surface area contributed by atoms with Crippen LogP contribution in [0.5, 0.6) is 0 Å². The third kappa shape index (κ3) is 4.54. The molecule has 0 saturated carbocycles. The number of carbonyl (C=O) groups excluding carboxylic acids is 1. The number of amides is 1. The van der Waals surface area contributed by atoms with E-state index in [-0.39, 0.29) is 28.6 Å². The summed E-state index contributed by atoms with van der Waals surface area (Å²) in [4.78, 5) is 12.0. The summed E-state index contributed by atoms with van der Waals surface area (Å²) in [5.41, 5.74) is -0.383. The highest BCUT2D eigenvalue weighted by atomic mass is 79.9. The van der Waals surface area contributed by atoms with E-state index in [9.17, 15) is 22.4 Å². The van der Waals surface area contributed by atoms with E-state index in [2.05, 4.69) is 21.2 Å². The van der Waals surface area contributed by atoms with Crippen molar-refractivity contribution in [1.82, 2.24) is 5.32 Å². The number of halogens is 5. The molecule has 23 heavy (non-hydrogen) atoms. The van der Waals surface area contributed by atoms with Crippen molar-refractivity contribution in [2.75, 3.05) is 6.54 Å². The lowest BCUT2D eigenvalue weighted by Gasteiger charge is -2.13. The average Bonchev–Trinajstić information content (AvgIpc) is 2.46. The van der Waals surface area contributed by atoms with Gasteiger partial charge in [-0.2, -0.15) is 13.2 Å². The Balaban J connectivity index is 2.02. The molecule has 1 N–H and O–H groups in total. The van der Waals surface area contributed by atoms with Gasteiger partial charge in [-0.15, -0.1) is 0 Å². The summed E-state index contributed by atoms with van der Waals surface area (Å²) in [6.07, 6.45) is -4.39. The van der Waals surface area contributed by atoms with Crippen molar-refractivity contribution in [1.29, 1.82) is 0 Å². The van der Waals surface area contributed by atoms with Crippen molar-refractivity contribution < 1.29 is 22.4 Å². The molecule has 0 unspecified atom stereocenters. The highest BCUT2D eigenvalue weighted by molar-refractivity contribution is 9.10. The molecule has 1 amide bonds. The first kappa shape index (κ1) is 17.5. The molecule has 0 fully saturated rings. The molecule has 2 rings (SSSR count). The van der Waals surface area contributed by atoms with Crippen molar-refractivity contribution in [3.05, 3.63) is 69.4 Å². The number of alkyl halides is 3. The number of nitrogens with one attached hydrogen (secondary N) is 1. The Hall–Kier alpha value is -1.89. The molecule has 0 aliphatic heterocycles. The van der Waals surface area contributed by atoms with Crippen LogP contribution in [0.25, 0.3) is 0 Å². The smallest absolute Gasteiger partial charge is 0.352 e. The van der Waals surface area contributed by atoms with Gasteiger partial charge in [-0.05, 0) is 52.2 Å². The van der Waals surface area contributed by atoms with Gasteiger partial charge in [0, 0.05) is 11.0 Å². The fourth-order valence-electron chi connectivity index (χ4n) is 2.09. The first-order valence-corrected chi connectivity index (χ1v) is 7.46. The lowest BCUT2D eigenvalue weighted by molar-refractivity contribution is -0.138. The molecule has 0 saturated heterocycles. The van der Waals surface area contributed by atoms with Gasteiger partial charge in [0.05, 0.1) is 11.1 Å². The van der Waals surface area contributed by atoms with Gasteiger partial charge < -0.3 is 5.32 Å². The summed E-state index contributed by atoms with van der Waals surface area (Å²) in [5, 5.41) is 2.53. The summed E-state index contributed by atoms with van der Waals surface area (Å²) in [5.74, 6) is -0.978. The summed E-state index contributed by atoms with van der Waals surface area (Å²) >= 11 is 3.07. The molecule has 0 bridgehead atoms. The van der Waals surface area contributed by atoms with Crippen LogP contribution in [0, 0.1) is 5.82 Å². The number of benzene rings is 2. The Morgan fingerprint density at radius 3 is 2.48 bits per heavy atom. The van der Waals surface area contributed by atoms with Gasteiger partial charge in [0.2, 0.25) is 0 Å². The number of hydrogen-bond acceptors (Lipinski definition) is 1. The maximum absolute atomic E-state index is 13.0. The van der Waals surface area contributed by atoms with Gasteiger partial charge in [-0.1, -0.05) is 18.2 Å². The van der Waals surface area contributed by atoms with Crippen LogP contribution in [0.1, 0.15) is 21.5 Å². The zero-order valence-electron chi connectivity index (χ0n) is 11.8. The SMILES string of the molecule is O=C(NCCc1ccccc1C(F)(F)F)c1ccc(F)cc1Br. The zero-order valence-corrected chi connectivity index (χ0v) is 13.3. The number of hydrogen-bond donors (Lipinski definition) is 1. The van der Waals surface area contributed by atoms with E-state index in [4.69, 9.17) is 0 Å². The molecule has 7 heteroatoms. The highest BCUT2D eigenvalue weighted by Crippen LogP contribution is 2.31. The van der Waals surface area contributed by atoms with Gasteiger partial charge in [0.25, 0.3) is 5.91 Å². The molecule has 0 aromatic heterocycles. The number of rotatable bonds is 4. The monoisotopic (exact) mass is 389 g/mol. The van der Waals surface area contributed by atoms with Crippen molar-refractivity contribution in [2.45, 2.75) is 12.6 Å². The second-order valence-electron chi connectivity index (χ2n) is 4.78. The van der Waals surface area contributed by atoms with Gasteiger partial charge in [0.1, 0.15) is 5.82 Å². The van der Waals surface area contributed by atoms with Gasteiger partial charge in [-0.25, -0.2) is 4.39 Å². The van der Waals surface area contributed by atoms with Crippen LogP contribution < -0.4 is 5.32 Å². The third-order valence-corrected chi connectivity index (χ3v) is 3.83. The molecule has 0 atom stereocenters. The van der Waals surface area contributed by atoms with E-state index in [1.807, 2.05) is 0 Å². The maximum Gasteiger partial charge on any atom is 0.416 e. The molecule has 0 heterocycles. The van der Waals surface area contributed by atoms with Gasteiger partial charge >= 0.3 is 6.18 Å². The van der Waals surface area contributed by atoms with Crippen LogP contribution >= 0.6 is 15.9 Å². The molecule has 122 valence electrons. The Kier molecular flexibility index (Phi) is 5.41. The molecule has 0 spiro atoms. The molecular weight excluding hydrogens is 378 g/mol. The molecule has 2 aromatic rings. The Morgan fingerprint density at radius 2 is 1.83 bits per heavy atom. The van der Waals surface area contributed by atoms with Crippen LogP contribution in [-0.2, 0) is 12.6 Å². The van der Waals surface area contributed by atoms with E-state index in [1.54, 1.807) is 0 Å². The van der Waals surface area contributed by atoms with E-state index < -0.39 is 23.5 Å². The summed E-state index contributed by atoms with van der Waals surface area (Å²) in [7, 11) is 0. The maximum atomic E-state index is 13.0. The zero-order chi connectivity index (χ0) is 17.0. The van der Waals surface area contributed by atoms with Crippen LogP contribution in [-0.4, -0.2) is 12.5 Å². The van der Waals surface area contributed by atoms with E-state index in [0.717, 1.165) is 18.2 Å². The fraction of sp³-hybridized carbons (Fsp3) is 0.188. The summed E-state index contributed by atoms with van der Waals surface area (Å²) < 4.78 is 51.8. The highest BCUT2D eigenvalue weighted by Gasteiger charge is 2.32. The molecular formula is C16H12BrF4NO. The minimum atomic E-state index is -4.43. The summed E-state index contributed by atoms with van der Waals surface area (Å²) in [6.45, 7) is 0.0374. The second-order valence-corrected chi connectivity index (χ2v) is 5.64. The minimum absolute atomic E-state index is 0.0374. The normalized spacial score (nSPS) is 11.3. The Labute approximate surface area is 138 Å². The van der Waals surface area contributed by atoms with Crippen molar-refractivity contribution in [3.63, 3.8) is 0 Å². The van der Waals surface area contributed by atoms with Crippen LogP contribution in [0.15, 0.2) is 46.9 Å². The molecule has 0 aliphatic carbocycles. The lowest BCUT2D eigenvalue weighted by atomic mass is 10.0. The van der Waals surface area contributed by atoms with Crippen LogP contribution in [0.4, 0.5) is 17.6 Å². The Morgan fingerprint density at radius 1 is 1.13 bits per heavy atom. The van der Waals surface area contributed by atoms with Crippen molar-refractivity contribution >= 4 is 21.8 Å². The fourth-order valence-corrected chi connectivity index (χ4v) is 2.63. The third-order valence-electron chi connectivity index (χ3n) is 3.18. The number of carbonyl (C=O) groups is 1. The van der Waals surface area contributed by atoms with E-state index >= 15 is 0 Å². The first-order chi connectivity index (χ1) is 10.8. The van der Waals surface area contributed by atoms with E-state index in [0.29, 0.717) is 0 Å². The molecule has 0 aliphatic rings. The predicted octanol–water partition coefficient (Wildman–Crippen LogP) is 4.58. The average molecular weight is 390 g/mol. The van der Waals surface area contributed by atoms with Gasteiger partial charge in [0.15, 0.2) is 0 Å².